The fourth-order valence-corrected chi connectivity index (χ4v) is 39.2. The molecule has 0 aromatic rings. The van der Waals surface area contributed by atoms with Crippen molar-refractivity contribution in [1.82, 2.24) is 0 Å². The molecular weight excluding hydrogens is 1420 g/mol. The average Bonchev–Trinajstić information content (AvgIpc) is 1.54. The molecule has 678 valence electrons. The standard InChI is InChI=1S/C15H26.C14H22.C14H26.C13H20.C13H24.C12H20.C11H18.C11H20.C8H16.C7H14/c1-11-6-7-14-9-12-4-2-3-5-13(12)10-15(14)8-11;1-2-8-5-11-7-12(8)14-10-4-3-9(6-10)13(11)14;1-2-12-8-10-14(11-9-12)13-6-4-3-5-7-13;1-7-4-10-6-11(7)13-9-3-2-8(5-9)12(10)13;1-11-7-9-13(10-8-11)12-5-3-2-4-6-12;1-2-12-6-9-3-10(7-12)5-11(4-9)8-12;1-11-5-8-2-9(6-11)4-10(3-8)7-11;1-9-6-7-10-4-2-3-5-11(10)8-9;1-2-8-6-4-3-5-7-8;1-7-5-3-2-4-6-7/h11-15H,2-10H2,1H3;8-14H,2-7H2,1H3;12-14H,2-11H2,1H3;7-13H,2-6H2,1H3;11-13H,2-10H2,1H3;9-11H,2-8H2,1H3;8-10H,2-7H2,1H3;9-11H,2-8H2,1H3;8H,2-7H2,1H3;7H,2-6H2,1H3. The molecule has 27 saturated carbocycles. The first-order chi connectivity index (χ1) is 57.5. The zero-order chi connectivity index (χ0) is 81.3. The molecule has 22 atom stereocenters. The molecule has 0 radical (unpaired) electrons. The second-order valence-electron chi connectivity index (χ2n) is 52.5. The Labute approximate surface area is 737 Å². The second kappa shape index (κ2) is 43.6. The van der Waals surface area contributed by atoms with Gasteiger partial charge in [0.05, 0.1) is 0 Å². The number of rotatable bonds is 6. The summed E-state index contributed by atoms with van der Waals surface area (Å²) in [7, 11) is 0. The van der Waals surface area contributed by atoms with Crippen molar-refractivity contribution >= 4 is 0 Å². The van der Waals surface area contributed by atoms with Gasteiger partial charge in [-0.15, -0.1) is 0 Å². The summed E-state index contributed by atoms with van der Waals surface area (Å²) < 4.78 is 0. The first-order valence-corrected chi connectivity index (χ1v) is 57.5. The van der Waals surface area contributed by atoms with E-state index < -0.39 is 0 Å². The molecule has 22 unspecified atom stereocenters. The molecule has 0 aromatic carbocycles. The summed E-state index contributed by atoms with van der Waals surface area (Å²) in [6, 6.07) is 0. The third-order valence-electron chi connectivity index (χ3n) is 44.6. The van der Waals surface area contributed by atoms with Crippen LogP contribution in [0.3, 0.4) is 0 Å². The molecule has 118 heavy (non-hydrogen) atoms. The predicted octanol–water partition coefficient (Wildman–Crippen LogP) is 36.9. The minimum atomic E-state index is 0.800. The third-order valence-corrected chi connectivity index (χ3v) is 44.6. The van der Waals surface area contributed by atoms with E-state index in [2.05, 4.69) is 69.2 Å². The zero-order valence-corrected chi connectivity index (χ0v) is 81.3. The number of hydrogen-bond acceptors (Lipinski definition) is 0. The van der Waals surface area contributed by atoms with Crippen molar-refractivity contribution in [3.63, 3.8) is 0 Å². The highest BCUT2D eigenvalue weighted by Crippen LogP contribution is 2.71. The van der Waals surface area contributed by atoms with Gasteiger partial charge in [-0.1, -0.05) is 313 Å². The van der Waals surface area contributed by atoms with Gasteiger partial charge in [0.25, 0.3) is 0 Å². The molecule has 0 amide bonds. The molecule has 0 N–H and O–H groups in total. The lowest BCUT2D eigenvalue weighted by atomic mass is 9.49. The van der Waals surface area contributed by atoms with Crippen LogP contribution in [0, 0.1) is 224 Å². The van der Waals surface area contributed by atoms with E-state index in [0.717, 1.165) is 153 Å². The van der Waals surface area contributed by atoms with Crippen LogP contribution >= 0.6 is 0 Å². The Morgan fingerprint density at radius 3 is 0.941 bits per heavy atom. The summed E-state index contributed by atoms with van der Waals surface area (Å²) in [6.45, 7) is 24.3. The highest BCUT2D eigenvalue weighted by atomic mass is 14.7. The summed E-state index contributed by atoms with van der Waals surface area (Å²) in [5.74, 6) is 41.1. The van der Waals surface area contributed by atoms with Crippen LogP contribution < -0.4 is 0 Å². The Bertz CT molecular complexity index is 2760. The van der Waals surface area contributed by atoms with Crippen molar-refractivity contribution in [2.24, 2.45) is 224 Å². The minimum Gasteiger partial charge on any atom is -0.0651 e. The van der Waals surface area contributed by atoms with Gasteiger partial charge >= 0.3 is 0 Å². The van der Waals surface area contributed by atoms with Gasteiger partial charge in [0.1, 0.15) is 0 Å². The molecule has 0 heterocycles. The van der Waals surface area contributed by atoms with Crippen LogP contribution in [0.25, 0.3) is 0 Å². The van der Waals surface area contributed by atoms with Crippen LogP contribution in [0.1, 0.15) is 519 Å². The first-order valence-electron chi connectivity index (χ1n) is 57.5. The fourth-order valence-electron chi connectivity index (χ4n) is 39.2. The molecule has 27 aliphatic carbocycles. The van der Waals surface area contributed by atoms with Crippen molar-refractivity contribution in [3.05, 3.63) is 0 Å². The van der Waals surface area contributed by atoms with E-state index >= 15 is 0 Å². The number of hydrogen-bond donors (Lipinski definition) is 0. The van der Waals surface area contributed by atoms with Crippen LogP contribution in [0.15, 0.2) is 0 Å². The van der Waals surface area contributed by atoms with Crippen LogP contribution in [-0.2, 0) is 0 Å². The molecule has 27 rings (SSSR count). The lowest BCUT2D eigenvalue weighted by Gasteiger charge is -2.56. The highest BCUT2D eigenvalue weighted by Gasteiger charge is 2.63. The Morgan fingerprint density at radius 1 is 0.203 bits per heavy atom. The van der Waals surface area contributed by atoms with Gasteiger partial charge in [0, 0.05) is 0 Å². The van der Waals surface area contributed by atoms with Gasteiger partial charge in [-0.2, -0.15) is 0 Å². The van der Waals surface area contributed by atoms with Gasteiger partial charge in [-0.3, -0.25) is 0 Å². The molecule has 0 heteroatoms. The van der Waals surface area contributed by atoms with Crippen molar-refractivity contribution in [2.45, 2.75) is 519 Å². The van der Waals surface area contributed by atoms with E-state index in [9.17, 15) is 0 Å². The molecule has 0 aliphatic heterocycles. The van der Waals surface area contributed by atoms with Gasteiger partial charge in [0.2, 0.25) is 0 Å². The van der Waals surface area contributed by atoms with Crippen LogP contribution in [0.4, 0.5) is 0 Å². The largest absolute Gasteiger partial charge is 0.0651 e. The molecule has 0 spiro atoms. The van der Waals surface area contributed by atoms with E-state index in [4.69, 9.17) is 0 Å². The Kier molecular flexibility index (Phi) is 33.7. The Balaban J connectivity index is 0.0000000986. The van der Waals surface area contributed by atoms with E-state index in [1.807, 2.05) is 0 Å². The SMILES string of the molecule is CC12CC3CC(CC(C3)C1)C2.CC1CC2CC1C1C3CCC(C3)C21.CC1CCC(C2CCCCC2)CC1.CC1CCC2CC3CCCCC3CC2C1.CC1CCC2CCCCC2C1.CC1CCCCC1.CCC12CC3CC(CC(C3)C1)C2.CCC1CC2CC1C1C3CCC(C3)C21.CCC1CCC(C2CCCCC2)CC1.CCC1CCCCC1. The van der Waals surface area contributed by atoms with Crippen molar-refractivity contribution in [1.29, 1.82) is 0 Å². The minimum absolute atomic E-state index is 0.800. The van der Waals surface area contributed by atoms with Crippen molar-refractivity contribution < 1.29 is 0 Å². The maximum Gasteiger partial charge on any atom is -0.0292 e. The predicted molar refractivity (Wildman–Crippen MR) is 510 cm³/mol. The quantitative estimate of drug-likeness (QED) is 0.233. The molecule has 0 saturated heterocycles. The molecule has 27 fully saturated rings. The Morgan fingerprint density at radius 2 is 0.508 bits per heavy atom. The fraction of sp³-hybridized carbons (Fsp3) is 1.00. The maximum absolute atomic E-state index is 2.54. The van der Waals surface area contributed by atoms with Crippen LogP contribution in [0.5, 0.6) is 0 Å². The van der Waals surface area contributed by atoms with E-state index in [1.54, 1.807) is 257 Å². The van der Waals surface area contributed by atoms with Crippen LogP contribution in [0.2, 0.25) is 0 Å². The average molecular weight is 1620 g/mol. The smallest absolute Gasteiger partial charge is 0.0292 e. The van der Waals surface area contributed by atoms with E-state index in [1.165, 1.54) is 264 Å². The normalized spacial score (nSPS) is 48.5. The van der Waals surface area contributed by atoms with Crippen molar-refractivity contribution in [3.8, 4) is 0 Å². The topological polar surface area (TPSA) is 0 Å². The molecular formula is C118H206. The van der Waals surface area contributed by atoms with E-state index in [0.29, 0.717) is 0 Å². The number of fused-ring (bicyclic) bond motifs is 21. The lowest BCUT2D eigenvalue weighted by molar-refractivity contribution is -0.0545. The monoisotopic (exact) mass is 1620 g/mol. The molecule has 0 nitrogen and oxygen atoms in total. The summed E-state index contributed by atoms with van der Waals surface area (Å²) in [5, 5.41) is 0. The van der Waals surface area contributed by atoms with Crippen molar-refractivity contribution in [2.75, 3.05) is 0 Å². The summed E-state index contributed by atoms with van der Waals surface area (Å²) in [5.41, 5.74) is 1.64. The zero-order valence-electron chi connectivity index (χ0n) is 81.3. The molecule has 16 bridgehead atoms. The van der Waals surface area contributed by atoms with Gasteiger partial charge in [-0.25, -0.2) is 0 Å². The van der Waals surface area contributed by atoms with Crippen LogP contribution in [-0.4, -0.2) is 0 Å². The lowest BCUT2D eigenvalue weighted by Crippen LogP contribution is -2.45. The van der Waals surface area contributed by atoms with Gasteiger partial charge in [-0.05, 0) is 429 Å². The summed E-state index contributed by atoms with van der Waals surface area (Å²) in [4.78, 5) is 0. The maximum atomic E-state index is 2.54. The summed E-state index contributed by atoms with van der Waals surface area (Å²) >= 11 is 0. The second-order valence-corrected chi connectivity index (χ2v) is 52.5. The summed E-state index contributed by atoms with van der Waals surface area (Å²) in [6.07, 6.45) is 108. The third kappa shape index (κ3) is 23.2. The molecule has 0 aromatic heterocycles. The Hall–Kier alpha value is 0. The van der Waals surface area contributed by atoms with Gasteiger partial charge in [0.15, 0.2) is 0 Å². The van der Waals surface area contributed by atoms with E-state index in [-0.39, 0.29) is 0 Å². The van der Waals surface area contributed by atoms with Gasteiger partial charge < -0.3 is 0 Å². The molecule has 27 aliphatic rings. The first kappa shape index (κ1) is 91.3. The highest BCUT2D eigenvalue weighted by molar-refractivity contribution is 5.12.